The minimum Gasteiger partial charge on any atom is -0.466 e. The van der Waals surface area contributed by atoms with E-state index in [0.717, 1.165) is 0 Å². The first kappa shape index (κ1) is 20.3. The number of carbonyl (C=O) groups is 3. The van der Waals surface area contributed by atoms with E-state index in [-0.39, 0.29) is 18.9 Å². The highest BCUT2D eigenvalue weighted by Gasteiger charge is 2.48. The van der Waals surface area contributed by atoms with Gasteiger partial charge in [-0.15, -0.1) is 0 Å². The molecule has 1 aliphatic rings. The molecule has 0 aliphatic heterocycles. The third-order valence-electron chi connectivity index (χ3n) is 4.43. The lowest BCUT2D eigenvalue weighted by molar-refractivity contribution is -0.384. The fraction of sp³-hybridized carbons (Fsp3) is 0.421. The molecule has 0 bridgehead atoms. The predicted octanol–water partition coefficient (Wildman–Crippen LogP) is 2.57. The van der Waals surface area contributed by atoms with E-state index in [0.29, 0.717) is 11.1 Å². The molecule has 0 aromatic heterocycles. The van der Waals surface area contributed by atoms with Gasteiger partial charge in [-0.2, -0.15) is 0 Å². The quantitative estimate of drug-likeness (QED) is 0.325. The standard InChI is InChI=1S/C19H21NO7/c1-4-26-18(22)15-11(3)9-14(21)17(19(23)27-5-2)16(15)12-7-6-8-13(10-12)20(24)25/h6-10,15-17H,4-5H2,1-3H3/t15-,16+,17-/m1/s1. The summed E-state index contributed by atoms with van der Waals surface area (Å²) < 4.78 is 10.2. The van der Waals surface area contributed by atoms with Crippen LogP contribution in [-0.2, 0) is 23.9 Å². The molecule has 0 saturated heterocycles. The number of hydrogen-bond donors (Lipinski definition) is 0. The van der Waals surface area contributed by atoms with Gasteiger partial charge in [0.05, 0.1) is 24.1 Å². The summed E-state index contributed by atoms with van der Waals surface area (Å²) in [6.07, 6.45) is 1.25. The SMILES string of the molecule is CCOC(=O)[C@@H]1C(C)=CC(=O)[C@@H](C(=O)OCC)[C@H]1c1cccc([N+](=O)[O-])c1. The van der Waals surface area contributed by atoms with Crippen LogP contribution in [0.5, 0.6) is 0 Å². The summed E-state index contributed by atoms with van der Waals surface area (Å²) in [4.78, 5) is 48.2. The van der Waals surface area contributed by atoms with Crippen LogP contribution in [0.1, 0.15) is 32.3 Å². The van der Waals surface area contributed by atoms with Gasteiger partial charge in [0.25, 0.3) is 5.69 Å². The van der Waals surface area contributed by atoms with Crippen molar-refractivity contribution in [1.82, 2.24) is 0 Å². The average molecular weight is 375 g/mol. The number of ether oxygens (including phenoxy) is 2. The second-order valence-electron chi connectivity index (χ2n) is 6.13. The molecule has 0 heterocycles. The number of esters is 2. The minimum absolute atomic E-state index is 0.0665. The molecule has 3 atom stereocenters. The number of nitro benzene ring substituents is 1. The van der Waals surface area contributed by atoms with Crippen molar-refractivity contribution in [3.05, 3.63) is 51.6 Å². The number of rotatable bonds is 6. The number of benzene rings is 1. The van der Waals surface area contributed by atoms with Crippen molar-refractivity contribution in [3.63, 3.8) is 0 Å². The Morgan fingerprint density at radius 1 is 1.11 bits per heavy atom. The number of nitrogens with zero attached hydrogens (tertiary/aromatic N) is 1. The highest BCUT2D eigenvalue weighted by molar-refractivity contribution is 6.08. The number of ketones is 1. The summed E-state index contributed by atoms with van der Waals surface area (Å²) >= 11 is 0. The van der Waals surface area contributed by atoms with Crippen LogP contribution in [0.3, 0.4) is 0 Å². The third-order valence-corrected chi connectivity index (χ3v) is 4.43. The number of non-ortho nitro benzene ring substituents is 1. The first-order valence-electron chi connectivity index (χ1n) is 8.61. The summed E-state index contributed by atoms with van der Waals surface area (Å²) in [5.41, 5.74) is 0.578. The van der Waals surface area contributed by atoms with E-state index in [1.165, 1.54) is 24.3 Å². The Hall–Kier alpha value is -3.03. The molecule has 8 heteroatoms. The number of allylic oxidation sites excluding steroid dienone is 1. The zero-order valence-electron chi connectivity index (χ0n) is 15.3. The van der Waals surface area contributed by atoms with Gasteiger partial charge in [-0.1, -0.05) is 17.7 Å². The fourth-order valence-corrected chi connectivity index (χ4v) is 3.35. The first-order valence-corrected chi connectivity index (χ1v) is 8.61. The van der Waals surface area contributed by atoms with Crippen LogP contribution >= 0.6 is 0 Å². The maximum absolute atomic E-state index is 12.6. The van der Waals surface area contributed by atoms with Crippen LogP contribution in [0.25, 0.3) is 0 Å². The van der Waals surface area contributed by atoms with E-state index in [9.17, 15) is 24.5 Å². The summed E-state index contributed by atoms with van der Waals surface area (Å²) in [5.74, 6) is -4.99. The van der Waals surface area contributed by atoms with Crippen LogP contribution < -0.4 is 0 Å². The van der Waals surface area contributed by atoms with E-state index in [1.807, 2.05) is 0 Å². The lowest BCUT2D eigenvalue weighted by Gasteiger charge is -2.34. The van der Waals surface area contributed by atoms with Gasteiger partial charge in [0, 0.05) is 18.1 Å². The van der Waals surface area contributed by atoms with Crippen molar-refractivity contribution >= 4 is 23.4 Å². The Balaban J connectivity index is 2.63. The highest BCUT2D eigenvalue weighted by atomic mass is 16.6. The maximum atomic E-state index is 12.6. The molecule has 0 fully saturated rings. The average Bonchev–Trinajstić information content (AvgIpc) is 2.61. The Morgan fingerprint density at radius 2 is 1.70 bits per heavy atom. The van der Waals surface area contributed by atoms with Crippen LogP contribution in [0.15, 0.2) is 35.9 Å². The highest BCUT2D eigenvalue weighted by Crippen LogP contribution is 2.42. The molecule has 144 valence electrons. The normalized spacial score (nSPS) is 22.0. The van der Waals surface area contributed by atoms with Gasteiger partial charge in [-0.05, 0) is 32.4 Å². The van der Waals surface area contributed by atoms with E-state index < -0.39 is 40.4 Å². The number of nitro groups is 1. The van der Waals surface area contributed by atoms with Crippen molar-refractivity contribution < 1.29 is 28.8 Å². The van der Waals surface area contributed by atoms with Crippen LogP contribution in [-0.4, -0.2) is 35.9 Å². The molecule has 0 spiro atoms. The zero-order chi connectivity index (χ0) is 20.1. The Morgan fingerprint density at radius 3 is 2.26 bits per heavy atom. The smallest absolute Gasteiger partial charge is 0.317 e. The molecule has 0 N–H and O–H groups in total. The molecule has 1 aliphatic carbocycles. The van der Waals surface area contributed by atoms with Gasteiger partial charge in [0.1, 0.15) is 5.92 Å². The fourth-order valence-electron chi connectivity index (χ4n) is 3.35. The van der Waals surface area contributed by atoms with E-state index >= 15 is 0 Å². The van der Waals surface area contributed by atoms with Crippen LogP contribution in [0.2, 0.25) is 0 Å². The molecular formula is C19H21NO7. The zero-order valence-corrected chi connectivity index (χ0v) is 15.3. The third kappa shape index (κ3) is 4.21. The number of hydrogen-bond acceptors (Lipinski definition) is 7. The summed E-state index contributed by atoms with van der Waals surface area (Å²) in [6, 6.07) is 5.59. The second kappa shape index (κ2) is 8.57. The summed E-state index contributed by atoms with van der Waals surface area (Å²) in [5, 5.41) is 11.1. The molecule has 0 radical (unpaired) electrons. The topological polar surface area (TPSA) is 113 Å². The molecule has 27 heavy (non-hydrogen) atoms. The maximum Gasteiger partial charge on any atom is 0.317 e. The minimum atomic E-state index is -1.27. The molecule has 0 saturated carbocycles. The van der Waals surface area contributed by atoms with Gasteiger partial charge in [0.15, 0.2) is 5.78 Å². The van der Waals surface area contributed by atoms with Crippen molar-refractivity contribution in [2.45, 2.75) is 26.7 Å². The lowest BCUT2D eigenvalue weighted by atomic mass is 9.68. The van der Waals surface area contributed by atoms with E-state index in [4.69, 9.17) is 9.47 Å². The molecule has 8 nitrogen and oxygen atoms in total. The molecular weight excluding hydrogens is 354 g/mol. The monoisotopic (exact) mass is 375 g/mol. The molecule has 0 amide bonds. The largest absolute Gasteiger partial charge is 0.466 e. The van der Waals surface area contributed by atoms with Crippen LogP contribution in [0, 0.1) is 22.0 Å². The number of carbonyl (C=O) groups excluding carboxylic acids is 3. The van der Waals surface area contributed by atoms with Gasteiger partial charge < -0.3 is 9.47 Å². The van der Waals surface area contributed by atoms with Crippen molar-refractivity contribution in [2.24, 2.45) is 11.8 Å². The van der Waals surface area contributed by atoms with Gasteiger partial charge in [0.2, 0.25) is 0 Å². The van der Waals surface area contributed by atoms with E-state index in [2.05, 4.69) is 0 Å². The molecule has 1 aromatic rings. The first-order chi connectivity index (χ1) is 12.8. The summed E-state index contributed by atoms with van der Waals surface area (Å²) in [6.45, 7) is 5.05. The molecule has 1 aromatic carbocycles. The van der Waals surface area contributed by atoms with Gasteiger partial charge >= 0.3 is 11.9 Å². The Kier molecular flexibility index (Phi) is 6.44. The van der Waals surface area contributed by atoms with Gasteiger partial charge in [-0.25, -0.2) is 0 Å². The van der Waals surface area contributed by atoms with Crippen molar-refractivity contribution in [3.8, 4) is 0 Å². The predicted molar refractivity (Wildman–Crippen MR) is 94.8 cm³/mol. The Labute approximate surface area is 156 Å². The second-order valence-corrected chi connectivity index (χ2v) is 6.13. The van der Waals surface area contributed by atoms with E-state index in [1.54, 1.807) is 26.8 Å². The van der Waals surface area contributed by atoms with Crippen molar-refractivity contribution in [2.75, 3.05) is 13.2 Å². The summed E-state index contributed by atoms with van der Waals surface area (Å²) in [7, 11) is 0. The van der Waals surface area contributed by atoms with Gasteiger partial charge in [-0.3, -0.25) is 24.5 Å². The lowest BCUT2D eigenvalue weighted by Crippen LogP contribution is -2.41. The van der Waals surface area contributed by atoms with Crippen LogP contribution in [0.4, 0.5) is 5.69 Å². The Bertz CT molecular complexity index is 799. The van der Waals surface area contributed by atoms with Crippen molar-refractivity contribution in [1.29, 1.82) is 0 Å². The molecule has 2 rings (SSSR count). The molecule has 0 unspecified atom stereocenters.